The summed E-state index contributed by atoms with van der Waals surface area (Å²) in [5.41, 5.74) is 0.220. The largest absolute Gasteiger partial charge is 0.391 e. The van der Waals surface area contributed by atoms with Crippen LogP contribution in [0.5, 0.6) is 0 Å². The summed E-state index contributed by atoms with van der Waals surface area (Å²) >= 11 is 0. The van der Waals surface area contributed by atoms with Gasteiger partial charge in [0.15, 0.2) is 0 Å². The molecule has 0 aromatic rings. The van der Waals surface area contributed by atoms with Crippen LogP contribution in [0.1, 0.15) is 33.6 Å². The normalized spacial score (nSPS) is 43.0. The monoisotopic (exact) mass is 327 g/mol. The first-order valence-corrected chi connectivity index (χ1v) is 9.14. The molecule has 4 atom stereocenters. The van der Waals surface area contributed by atoms with Gasteiger partial charge in [0.1, 0.15) is 0 Å². The maximum absolute atomic E-state index is 11.1. The van der Waals surface area contributed by atoms with Crippen LogP contribution in [0.3, 0.4) is 0 Å². The smallest absolute Gasteiger partial charge is 0.0756 e. The second kappa shape index (κ2) is 6.96. The summed E-state index contributed by atoms with van der Waals surface area (Å²) in [5.74, 6) is 0.554. The Kier molecular flexibility index (Phi) is 5.33. The minimum Gasteiger partial charge on any atom is -0.391 e. The van der Waals surface area contributed by atoms with Crippen molar-refractivity contribution in [2.75, 3.05) is 52.7 Å². The Morgan fingerprint density at radius 2 is 1.39 bits per heavy atom. The molecule has 1 heterocycles. The van der Waals surface area contributed by atoms with E-state index in [9.17, 15) is 5.11 Å². The predicted molar refractivity (Wildman–Crippen MR) is 88.4 cm³/mol. The molecular weight excluding hydrogens is 294 g/mol. The third-order valence-corrected chi connectivity index (χ3v) is 6.97. The molecule has 3 aliphatic rings. The summed E-state index contributed by atoms with van der Waals surface area (Å²) in [6, 6.07) is 0.232. The SMILES string of the molecule is CC1(C)[C@@H]2CC[C@@]1(C)[C@@H](O)[C@H]2N1CCOCCOCCOCC1. The van der Waals surface area contributed by atoms with Crippen molar-refractivity contribution in [3.05, 3.63) is 0 Å². The van der Waals surface area contributed by atoms with Crippen LogP contribution in [0.4, 0.5) is 0 Å². The van der Waals surface area contributed by atoms with E-state index in [4.69, 9.17) is 14.2 Å². The van der Waals surface area contributed by atoms with Gasteiger partial charge in [0, 0.05) is 24.5 Å². The van der Waals surface area contributed by atoms with Crippen LogP contribution in [-0.4, -0.2) is 74.9 Å². The Bertz CT molecular complexity index is 390. The second-order valence-corrected chi connectivity index (χ2v) is 8.09. The van der Waals surface area contributed by atoms with Gasteiger partial charge >= 0.3 is 0 Å². The molecule has 2 bridgehead atoms. The first kappa shape index (κ1) is 17.6. The van der Waals surface area contributed by atoms with Gasteiger partial charge in [0.05, 0.1) is 45.7 Å². The molecule has 3 fully saturated rings. The van der Waals surface area contributed by atoms with E-state index in [-0.39, 0.29) is 23.0 Å². The van der Waals surface area contributed by atoms with Gasteiger partial charge in [-0.1, -0.05) is 20.8 Å². The summed E-state index contributed by atoms with van der Waals surface area (Å²) in [6.07, 6.45) is 2.10. The molecule has 0 aromatic carbocycles. The Morgan fingerprint density at radius 3 is 1.87 bits per heavy atom. The summed E-state index contributed by atoms with van der Waals surface area (Å²) in [6.45, 7) is 12.6. The Balaban J connectivity index is 1.70. The van der Waals surface area contributed by atoms with Crippen LogP contribution < -0.4 is 0 Å². The van der Waals surface area contributed by atoms with Crippen molar-refractivity contribution in [2.45, 2.75) is 45.8 Å². The molecule has 1 aliphatic heterocycles. The fourth-order valence-electron chi connectivity index (χ4n) is 5.06. The van der Waals surface area contributed by atoms with Gasteiger partial charge in [-0.3, -0.25) is 4.90 Å². The van der Waals surface area contributed by atoms with Gasteiger partial charge in [-0.05, 0) is 24.2 Å². The molecule has 0 aromatic heterocycles. The van der Waals surface area contributed by atoms with Crippen LogP contribution in [0, 0.1) is 16.7 Å². The number of aliphatic hydroxyl groups is 1. The molecule has 2 aliphatic carbocycles. The zero-order chi connectivity index (χ0) is 16.5. The molecule has 0 radical (unpaired) electrons. The number of hydrogen-bond acceptors (Lipinski definition) is 5. The molecule has 134 valence electrons. The third kappa shape index (κ3) is 3.07. The molecule has 3 rings (SSSR count). The molecule has 23 heavy (non-hydrogen) atoms. The highest BCUT2D eigenvalue weighted by Crippen LogP contribution is 2.66. The van der Waals surface area contributed by atoms with E-state index in [0.29, 0.717) is 45.6 Å². The fourth-order valence-corrected chi connectivity index (χ4v) is 5.06. The van der Waals surface area contributed by atoms with Crippen molar-refractivity contribution in [1.29, 1.82) is 0 Å². The highest BCUT2D eigenvalue weighted by molar-refractivity contribution is 5.17. The van der Waals surface area contributed by atoms with Crippen LogP contribution in [0.25, 0.3) is 0 Å². The van der Waals surface area contributed by atoms with E-state index in [1.165, 1.54) is 6.42 Å². The van der Waals surface area contributed by atoms with E-state index in [0.717, 1.165) is 19.5 Å². The first-order chi connectivity index (χ1) is 11.0. The molecular formula is C18H33NO4. The van der Waals surface area contributed by atoms with Crippen LogP contribution in [-0.2, 0) is 14.2 Å². The average Bonchev–Trinajstić information content (AvgIpc) is 2.81. The molecule has 0 spiro atoms. The van der Waals surface area contributed by atoms with Crippen molar-refractivity contribution >= 4 is 0 Å². The van der Waals surface area contributed by atoms with Crippen LogP contribution in [0.2, 0.25) is 0 Å². The quantitative estimate of drug-likeness (QED) is 0.792. The zero-order valence-corrected chi connectivity index (χ0v) is 14.9. The van der Waals surface area contributed by atoms with E-state index in [2.05, 4.69) is 25.7 Å². The molecule has 5 nitrogen and oxygen atoms in total. The van der Waals surface area contributed by atoms with Crippen LogP contribution in [0.15, 0.2) is 0 Å². The lowest BCUT2D eigenvalue weighted by Crippen LogP contribution is -2.51. The lowest BCUT2D eigenvalue weighted by atomic mass is 9.70. The lowest BCUT2D eigenvalue weighted by molar-refractivity contribution is -0.0537. The van der Waals surface area contributed by atoms with Crippen molar-refractivity contribution in [3.8, 4) is 0 Å². The number of aliphatic hydroxyl groups excluding tert-OH is 1. The van der Waals surface area contributed by atoms with Gasteiger partial charge in [-0.2, -0.15) is 0 Å². The van der Waals surface area contributed by atoms with E-state index < -0.39 is 0 Å². The van der Waals surface area contributed by atoms with Crippen LogP contribution >= 0.6 is 0 Å². The highest BCUT2D eigenvalue weighted by Gasteiger charge is 2.66. The number of nitrogens with zero attached hydrogens (tertiary/aromatic N) is 1. The van der Waals surface area contributed by atoms with Crippen molar-refractivity contribution in [2.24, 2.45) is 16.7 Å². The molecule has 1 saturated heterocycles. The molecule has 5 heteroatoms. The average molecular weight is 327 g/mol. The fraction of sp³-hybridized carbons (Fsp3) is 1.00. The number of ether oxygens (including phenoxy) is 3. The standard InChI is InChI=1S/C18H33NO4/c1-17(2)14-4-5-18(17,3)16(20)15(14)19-6-8-21-10-12-23-13-11-22-9-7-19/h14-16,20H,4-13H2,1-3H3/t14-,15+,16+,18+/m1/s1. The summed E-state index contributed by atoms with van der Waals surface area (Å²) in [5, 5.41) is 11.1. The van der Waals surface area contributed by atoms with Crippen molar-refractivity contribution < 1.29 is 19.3 Å². The molecule has 0 unspecified atom stereocenters. The number of fused-ring (bicyclic) bond motifs is 2. The minimum absolute atomic E-state index is 0.0293. The maximum atomic E-state index is 11.1. The topological polar surface area (TPSA) is 51.2 Å². The maximum Gasteiger partial charge on any atom is 0.0756 e. The summed E-state index contributed by atoms with van der Waals surface area (Å²) < 4.78 is 16.8. The predicted octanol–water partition coefficient (Wildman–Crippen LogP) is 1.54. The number of rotatable bonds is 1. The lowest BCUT2D eigenvalue weighted by Gasteiger charge is -2.40. The molecule has 2 saturated carbocycles. The second-order valence-electron chi connectivity index (χ2n) is 8.09. The van der Waals surface area contributed by atoms with E-state index >= 15 is 0 Å². The van der Waals surface area contributed by atoms with E-state index in [1.54, 1.807) is 0 Å². The molecule has 1 N–H and O–H groups in total. The Morgan fingerprint density at radius 1 is 0.870 bits per heavy atom. The molecule has 0 amide bonds. The van der Waals surface area contributed by atoms with Gasteiger partial charge < -0.3 is 19.3 Å². The highest BCUT2D eigenvalue weighted by atomic mass is 16.5. The van der Waals surface area contributed by atoms with Gasteiger partial charge in [0.2, 0.25) is 0 Å². The zero-order valence-electron chi connectivity index (χ0n) is 14.9. The Hall–Kier alpha value is -0.200. The van der Waals surface area contributed by atoms with E-state index in [1.807, 2.05) is 0 Å². The van der Waals surface area contributed by atoms with Gasteiger partial charge in [-0.15, -0.1) is 0 Å². The van der Waals surface area contributed by atoms with Gasteiger partial charge in [0.25, 0.3) is 0 Å². The summed E-state index contributed by atoms with van der Waals surface area (Å²) in [4.78, 5) is 2.42. The van der Waals surface area contributed by atoms with Crippen molar-refractivity contribution in [1.82, 2.24) is 4.90 Å². The van der Waals surface area contributed by atoms with Gasteiger partial charge in [-0.25, -0.2) is 0 Å². The first-order valence-electron chi connectivity index (χ1n) is 9.14. The summed E-state index contributed by atoms with van der Waals surface area (Å²) in [7, 11) is 0. The third-order valence-electron chi connectivity index (χ3n) is 6.97. The Labute approximate surface area is 140 Å². The van der Waals surface area contributed by atoms with Crippen molar-refractivity contribution in [3.63, 3.8) is 0 Å². The number of hydrogen-bond donors (Lipinski definition) is 1. The minimum atomic E-state index is -0.257.